The predicted octanol–water partition coefficient (Wildman–Crippen LogP) is 3.62. The summed E-state index contributed by atoms with van der Waals surface area (Å²) in [6, 6.07) is 0. The summed E-state index contributed by atoms with van der Waals surface area (Å²) in [6.45, 7) is 0.929. The summed E-state index contributed by atoms with van der Waals surface area (Å²) >= 11 is 2.07. The zero-order valence-electron chi connectivity index (χ0n) is 12.0. The summed E-state index contributed by atoms with van der Waals surface area (Å²) in [5.41, 5.74) is 0.181. The predicted molar refractivity (Wildman–Crippen MR) is 80.5 cm³/mol. The zero-order chi connectivity index (χ0) is 13.1. The van der Waals surface area contributed by atoms with Gasteiger partial charge in [-0.3, -0.25) is 0 Å². The number of ether oxygens (including phenoxy) is 1. The fourth-order valence-corrected chi connectivity index (χ4v) is 5.63. The standard InChI is InChI=1S/C16H28O2S/c17-15-5-3-1-2-4-14(15)13-6-9-18-16(12-13)7-10-19-11-8-16/h13-15,17H,1-12H2. The van der Waals surface area contributed by atoms with Crippen molar-refractivity contribution in [3.05, 3.63) is 0 Å². The molecule has 0 amide bonds. The van der Waals surface area contributed by atoms with E-state index in [0.29, 0.717) is 11.8 Å². The Labute approximate surface area is 121 Å². The molecule has 3 atom stereocenters. The van der Waals surface area contributed by atoms with Crippen molar-refractivity contribution >= 4 is 11.8 Å². The van der Waals surface area contributed by atoms with E-state index in [1.807, 2.05) is 0 Å². The zero-order valence-corrected chi connectivity index (χ0v) is 12.8. The van der Waals surface area contributed by atoms with Crippen molar-refractivity contribution in [2.24, 2.45) is 11.8 Å². The monoisotopic (exact) mass is 284 g/mol. The molecule has 3 unspecified atom stereocenters. The molecule has 0 aromatic heterocycles. The quantitative estimate of drug-likeness (QED) is 0.746. The van der Waals surface area contributed by atoms with Crippen molar-refractivity contribution in [2.75, 3.05) is 18.1 Å². The van der Waals surface area contributed by atoms with Crippen LogP contribution in [-0.2, 0) is 4.74 Å². The van der Waals surface area contributed by atoms with Gasteiger partial charge in [0.05, 0.1) is 11.7 Å². The molecule has 3 fully saturated rings. The third-order valence-electron chi connectivity index (χ3n) is 5.57. The highest BCUT2D eigenvalue weighted by atomic mass is 32.2. The van der Waals surface area contributed by atoms with E-state index < -0.39 is 0 Å². The average molecular weight is 284 g/mol. The molecule has 2 nitrogen and oxygen atoms in total. The Kier molecular flexibility index (Phi) is 4.76. The van der Waals surface area contributed by atoms with E-state index in [9.17, 15) is 5.11 Å². The van der Waals surface area contributed by atoms with Gasteiger partial charge in [-0.05, 0) is 61.9 Å². The number of thioether (sulfide) groups is 1. The highest BCUT2D eigenvalue weighted by molar-refractivity contribution is 7.99. The van der Waals surface area contributed by atoms with Gasteiger partial charge in [0.15, 0.2) is 0 Å². The number of aliphatic hydroxyl groups excluding tert-OH is 1. The summed E-state index contributed by atoms with van der Waals surface area (Å²) in [7, 11) is 0. The largest absolute Gasteiger partial charge is 0.393 e. The van der Waals surface area contributed by atoms with Crippen molar-refractivity contribution < 1.29 is 9.84 Å². The van der Waals surface area contributed by atoms with Crippen molar-refractivity contribution in [1.82, 2.24) is 0 Å². The minimum Gasteiger partial charge on any atom is -0.393 e. The molecule has 110 valence electrons. The maximum absolute atomic E-state index is 10.4. The maximum atomic E-state index is 10.4. The van der Waals surface area contributed by atoms with E-state index in [1.165, 1.54) is 62.9 Å². The minimum atomic E-state index is -0.0411. The van der Waals surface area contributed by atoms with Crippen LogP contribution >= 0.6 is 11.8 Å². The molecule has 1 aliphatic carbocycles. The first-order valence-corrected chi connectivity index (χ1v) is 9.34. The van der Waals surface area contributed by atoms with Crippen molar-refractivity contribution in [2.45, 2.75) is 69.5 Å². The first-order chi connectivity index (χ1) is 9.29. The van der Waals surface area contributed by atoms with Gasteiger partial charge in [0.1, 0.15) is 0 Å². The van der Waals surface area contributed by atoms with Crippen LogP contribution in [0.15, 0.2) is 0 Å². The highest BCUT2D eigenvalue weighted by Gasteiger charge is 2.42. The second-order valence-electron chi connectivity index (χ2n) is 6.77. The third kappa shape index (κ3) is 3.30. The first kappa shape index (κ1) is 14.2. The molecular formula is C16H28O2S. The van der Waals surface area contributed by atoms with Crippen LogP contribution in [0.1, 0.15) is 57.8 Å². The highest BCUT2D eigenvalue weighted by Crippen LogP contribution is 2.44. The fourth-order valence-electron chi connectivity index (χ4n) is 4.39. The second kappa shape index (κ2) is 6.36. The molecule has 1 spiro atoms. The smallest absolute Gasteiger partial charge is 0.0701 e. The van der Waals surface area contributed by atoms with Gasteiger partial charge in [-0.15, -0.1) is 0 Å². The first-order valence-electron chi connectivity index (χ1n) is 8.19. The topological polar surface area (TPSA) is 29.5 Å². The molecule has 3 aliphatic rings. The van der Waals surface area contributed by atoms with Gasteiger partial charge in [0.25, 0.3) is 0 Å². The van der Waals surface area contributed by atoms with Gasteiger partial charge < -0.3 is 9.84 Å². The Bertz CT molecular complexity index is 283. The van der Waals surface area contributed by atoms with E-state index in [1.54, 1.807) is 0 Å². The molecule has 3 heteroatoms. The summed E-state index contributed by atoms with van der Waals surface area (Å²) in [5, 5.41) is 10.4. The molecule has 19 heavy (non-hydrogen) atoms. The van der Waals surface area contributed by atoms with E-state index in [4.69, 9.17) is 4.74 Å². The number of rotatable bonds is 1. The summed E-state index contributed by atoms with van der Waals surface area (Å²) in [5.74, 6) is 3.79. The van der Waals surface area contributed by atoms with Gasteiger partial charge in [0.2, 0.25) is 0 Å². The minimum absolute atomic E-state index is 0.0411. The van der Waals surface area contributed by atoms with E-state index in [0.717, 1.165) is 13.0 Å². The maximum Gasteiger partial charge on any atom is 0.0701 e. The van der Waals surface area contributed by atoms with Crippen LogP contribution in [0.5, 0.6) is 0 Å². The van der Waals surface area contributed by atoms with Gasteiger partial charge in [-0.2, -0.15) is 11.8 Å². The van der Waals surface area contributed by atoms with Crippen LogP contribution in [-0.4, -0.2) is 34.9 Å². The molecule has 0 aromatic rings. The molecule has 0 radical (unpaired) electrons. The van der Waals surface area contributed by atoms with E-state index in [-0.39, 0.29) is 11.7 Å². The van der Waals surface area contributed by atoms with Gasteiger partial charge in [0, 0.05) is 6.61 Å². The Morgan fingerprint density at radius 2 is 1.79 bits per heavy atom. The van der Waals surface area contributed by atoms with E-state index >= 15 is 0 Å². The van der Waals surface area contributed by atoms with Crippen molar-refractivity contribution in [3.8, 4) is 0 Å². The summed E-state index contributed by atoms with van der Waals surface area (Å²) < 4.78 is 6.20. The molecule has 2 heterocycles. The normalized spacial score (nSPS) is 39.9. The lowest BCUT2D eigenvalue weighted by Gasteiger charge is -2.46. The van der Waals surface area contributed by atoms with Crippen LogP contribution in [0.4, 0.5) is 0 Å². The Balaban J connectivity index is 1.66. The number of hydrogen-bond acceptors (Lipinski definition) is 3. The average Bonchev–Trinajstić information content (AvgIpc) is 2.64. The Morgan fingerprint density at radius 1 is 1.00 bits per heavy atom. The molecular weight excluding hydrogens is 256 g/mol. The lowest BCUT2D eigenvalue weighted by Crippen LogP contribution is -2.45. The molecule has 3 rings (SSSR count). The lowest BCUT2D eigenvalue weighted by molar-refractivity contribution is -0.119. The molecule has 0 aromatic carbocycles. The molecule has 2 saturated heterocycles. The van der Waals surface area contributed by atoms with Crippen LogP contribution in [0.3, 0.4) is 0 Å². The van der Waals surface area contributed by atoms with Crippen molar-refractivity contribution in [3.63, 3.8) is 0 Å². The lowest BCUT2D eigenvalue weighted by atomic mass is 9.73. The van der Waals surface area contributed by atoms with Crippen LogP contribution in [0, 0.1) is 11.8 Å². The molecule has 1 saturated carbocycles. The number of hydrogen-bond donors (Lipinski definition) is 1. The molecule has 2 aliphatic heterocycles. The third-order valence-corrected chi connectivity index (χ3v) is 6.56. The fraction of sp³-hybridized carbons (Fsp3) is 1.00. The molecule has 0 bridgehead atoms. The Hall–Kier alpha value is 0.270. The van der Waals surface area contributed by atoms with Gasteiger partial charge in [-0.1, -0.05) is 19.3 Å². The second-order valence-corrected chi connectivity index (χ2v) is 7.99. The number of aliphatic hydroxyl groups is 1. The SMILES string of the molecule is OC1CCCCCC1C1CCOC2(CCSCC2)C1. The van der Waals surface area contributed by atoms with E-state index in [2.05, 4.69) is 11.8 Å². The van der Waals surface area contributed by atoms with Crippen LogP contribution < -0.4 is 0 Å². The van der Waals surface area contributed by atoms with Crippen LogP contribution in [0.25, 0.3) is 0 Å². The van der Waals surface area contributed by atoms with Gasteiger partial charge >= 0.3 is 0 Å². The summed E-state index contributed by atoms with van der Waals surface area (Å²) in [4.78, 5) is 0. The summed E-state index contributed by atoms with van der Waals surface area (Å²) in [6.07, 6.45) is 11.0. The Morgan fingerprint density at radius 3 is 2.63 bits per heavy atom. The van der Waals surface area contributed by atoms with Crippen molar-refractivity contribution in [1.29, 1.82) is 0 Å². The molecule has 1 N–H and O–H groups in total. The van der Waals surface area contributed by atoms with Crippen LogP contribution in [0.2, 0.25) is 0 Å². The van der Waals surface area contributed by atoms with Gasteiger partial charge in [-0.25, -0.2) is 0 Å².